The second kappa shape index (κ2) is 4.21. The Kier molecular flexibility index (Phi) is 2.67. The molecule has 1 fully saturated rings. The van der Waals surface area contributed by atoms with Gasteiger partial charge < -0.3 is 5.32 Å². The van der Waals surface area contributed by atoms with Crippen molar-refractivity contribution in [3.63, 3.8) is 0 Å². The zero-order valence-electron chi connectivity index (χ0n) is 10.3. The minimum absolute atomic E-state index is 0.00593. The molecular formula is C14H16N2O2. The summed E-state index contributed by atoms with van der Waals surface area (Å²) in [5.74, 6) is -0.283. The van der Waals surface area contributed by atoms with Gasteiger partial charge in [0, 0.05) is 12.6 Å². The number of fused-ring (bicyclic) bond motifs is 1. The summed E-state index contributed by atoms with van der Waals surface area (Å²) in [7, 11) is 0. The molecule has 2 amide bonds. The highest BCUT2D eigenvalue weighted by atomic mass is 16.2. The van der Waals surface area contributed by atoms with Gasteiger partial charge in [-0.3, -0.25) is 14.5 Å². The topological polar surface area (TPSA) is 49.4 Å². The van der Waals surface area contributed by atoms with Crippen LogP contribution in [0.2, 0.25) is 0 Å². The lowest BCUT2D eigenvalue weighted by atomic mass is 10.0. The second-order valence-electron chi connectivity index (χ2n) is 5.07. The summed E-state index contributed by atoms with van der Waals surface area (Å²) in [6, 6.07) is 7.52. The number of carbonyl (C=O) groups is 2. The van der Waals surface area contributed by atoms with Crippen LogP contribution in [0.15, 0.2) is 24.3 Å². The average molecular weight is 244 g/mol. The molecule has 0 bridgehead atoms. The fourth-order valence-electron chi connectivity index (χ4n) is 2.74. The van der Waals surface area contributed by atoms with Gasteiger partial charge in [0.05, 0.1) is 17.2 Å². The number of imide groups is 1. The molecule has 18 heavy (non-hydrogen) atoms. The molecule has 0 aromatic heterocycles. The molecule has 1 saturated heterocycles. The van der Waals surface area contributed by atoms with Crippen molar-refractivity contribution in [3.05, 3.63) is 35.4 Å². The molecule has 1 aromatic rings. The number of piperidine rings is 1. The first-order chi connectivity index (χ1) is 8.68. The third kappa shape index (κ3) is 1.64. The van der Waals surface area contributed by atoms with Crippen molar-refractivity contribution in [3.8, 4) is 0 Å². The normalized spacial score (nSPS) is 27.5. The molecule has 0 spiro atoms. The number of benzene rings is 1. The Bertz CT molecular complexity index is 469. The molecule has 4 nitrogen and oxygen atoms in total. The number of rotatable bonds is 1. The summed E-state index contributed by atoms with van der Waals surface area (Å²) >= 11 is 0. The van der Waals surface area contributed by atoms with Crippen molar-refractivity contribution in [1.29, 1.82) is 0 Å². The fourth-order valence-corrected chi connectivity index (χ4v) is 2.74. The van der Waals surface area contributed by atoms with E-state index in [1.54, 1.807) is 24.3 Å². The van der Waals surface area contributed by atoms with Gasteiger partial charge in [0.2, 0.25) is 0 Å². The van der Waals surface area contributed by atoms with Gasteiger partial charge in [0.15, 0.2) is 0 Å². The highest BCUT2D eigenvalue weighted by Gasteiger charge is 2.40. The van der Waals surface area contributed by atoms with E-state index in [0.29, 0.717) is 23.7 Å². The van der Waals surface area contributed by atoms with Crippen LogP contribution in [0, 0.1) is 0 Å². The maximum Gasteiger partial charge on any atom is 0.261 e. The molecule has 1 aromatic carbocycles. The lowest BCUT2D eigenvalue weighted by Gasteiger charge is -2.32. The maximum absolute atomic E-state index is 12.3. The largest absolute Gasteiger partial charge is 0.312 e. The van der Waals surface area contributed by atoms with Crippen molar-refractivity contribution in [1.82, 2.24) is 10.2 Å². The summed E-state index contributed by atoms with van der Waals surface area (Å²) in [5, 5.41) is 3.33. The van der Waals surface area contributed by atoms with E-state index < -0.39 is 0 Å². The van der Waals surface area contributed by atoms with Gasteiger partial charge in [-0.05, 0) is 31.9 Å². The van der Waals surface area contributed by atoms with E-state index >= 15 is 0 Å². The van der Waals surface area contributed by atoms with Gasteiger partial charge >= 0.3 is 0 Å². The average Bonchev–Trinajstić information content (AvgIpc) is 2.64. The zero-order chi connectivity index (χ0) is 12.7. The summed E-state index contributed by atoms with van der Waals surface area (Å²) < 4.78 is 0. The molecule has 0 radical (unpaired) electrons. The molecule has 4 heteroatoms. The van der Waals surface area contributed by atoms with Crippen LogP contribution in [0.1, 0.15) is 40.5 Å². The van der Waals surface area contributed by atoms with Crippen molar-refractivity contribution >= 4 is 11.8 Å². The van der Waals surface area contributed by atoms with Crippen LogP contribution in [-0.2, 0) is 0 Å². The molecule has 2 aliphatic rings. The Morgan fingerprint density at radius 1 is 1.11 bits per heavy atom. The van der Waals surface area contributed by atoms with Crippen LogP contribution >= 0.6 is 0 Å². The molecule has 1 N–H and O–H groups in total. The Balaban J connectivity index is 1.88. The maximum atomic E-state index is 12.3. The Hall–Kier alpha value is -1.68. The van der Waals surface area contributed by atoms with Crippen molar-refractivity contribution < 1.29 is 9.59 Å². The first kappa shape index (κ1) is 11.4. The van der Waals surface area contributed by atoms with Crippen molar-refractivity contribution in [2.24, 2.45) is 0 Å². The fraction of sp³-hybridized carbons (Fsp3) is 0.429. The van der Waals surface area contributed by atoms with E-state index in [1.807, 2.05) is 0 Å². The van der Waals surface area contributed by atoms with Crippen LogP contribution in [0.4, 0.5) is 0 Å². The summed E-state index contributed by atoms with van der Waals surface area (Å²) in [4.78, 5) is 26.0. The van der Waals surface area contributed by atoms with Crippen molar-refractivity contribution in [2.45, 2.75) is 31.8 Å². The highest BCUT2D eigenvalue weighted by Crippen LogP contribution is 2.27. The van der Waals surface area contributed by atoms with E-state index in [2.05, 4.69) is 12.2 Å². The highest BCUT2D eigenvalue weighted by molar-refractivity contribution is 6.21. The Morgan fingerprint density at radius 2 is 1.72 bits per heavy atom. The lowest BCUT2D eigenvalue weighted by molar-refractivity contribution is 0.0551. The van der Waals surface area contributed by atoms with E-state index in [9.17, 15) is 9.59 Å². The number of nitrogens with one attached hydrogen (secondary N) is 1. The van der Waals surface area contributed by atoms with Crippen molar-refractivity contribution in [2.75, 3.05) is 6.54 Å². The van der Waals surface area contributed by atoms with Crippen LogP contribution in [0.5, 0.6) is 0 Å². The lowest BCUT2D eigenvalue weighted by Crippen LogP contribution is -2.50. The van der Waals surface area contributed by atoms with Crippen LogP contribution in [0.25, 0.3) is 0 Å². The Labute approximate surface area is 106 Å². The predicted molar refractivity (Wildman–Crippen MR) is 67.4 cm³/mol. The number of carbonyl (C=O) groups excluding carboxylic acids is 2. The summed E-state index contributed by atoms with van der Waals surface area (Å²) in [6.07, 6.45) is 1.89. The molecule has 0 saturated carbocycles. The third-order valence-electron chi connectivity index (χ3n) is 3.83. The van der Waals surface area contributed by atoms with E-state index in [4.69, 9.17) is 0 Å². The minimum Gasteiger partial charge on any atom is -0.312 e. The SMILES string of the molecule is CC1CCC(N2C(=O)c3ccccc3C2=O)CN1. The third-order valence-corrected chi connectivity index (χ3v) is 3.83. The molecule has 0 aliphatic carbocycles. The standard InChI is InChI=1S/C14H16N2O2/c1-9-6-7-10(8-15-9)16-13(17)11-4-2-3-5-12(11)14(16)18/h2-5,9-10,15H,6-8H2,1H3. The summed E-state index contributed by atoms with van der Waals surface area (Å²) in [6.45, 7) is 2.82. The van der Waals surface area contributed by atoms with Gasteiger partial charge in [0.25, 0.3) is 11.8 Å². The van der Waals surface area contributed by atoms with E-state index in [1.165, 1.54) is 4.90 Å². The van der Waals surface area contributed by atoms with Gasteiger partial charge in [0.1, 0.15) is 0 Å². The zero-order valence-corrected chi connectivity index (χ0v) is 10.3. The minimum atomic E-state index is -0.142. The molecule has 2 heterocycles. The Morgan fingerprint density at radius 3 is 2.22 bits per heavy atom. The molecular weight excluding hydrogens is 228 g/mol. The summed E-state index contributed by atoms with van der Waals surface area (Å²) in [5.41, 5.74) is 1.09. The number of amides is 2. The molecule has 94 valence electrons. The molecule has 2 aliphatic heterocycles. The van der Waals surface area contributed by atoms with Crippen LogP contribution in [-0.4, -0.2) is 35.3 Å². The molecule has 2 atom stereocenters. The monoisotopic (exact) mass is 244 g/mol. The van der Waals surface area contributed by atoms with Gasteiger partial charge in [-0.2, -0.15) is 0 Å². The second-order valence-corrected chi connectivity index (χ2v) is 5.07. The van der Waals surface area contributed by atoms with Crippen LogP contribution < -0.4 is 5.32 Å². The number of hydrogen-bond donors (Lipinski definition) is 1. The molecule has 3 rings (SSSR count). The quantitative estimate of drug-likeness (QED) is 0.760. The first-order valence-electron chi connectivity index (χ1n) is 6.39. The molecule has 2 unspecified atom stereocenters. The van der Waals surface area contributed by atoms with E-state index in [-0.39, 0.29) is 17.9 Å². The van der Waals surface area contributed by atoms with Gasteiger partial charge in [-0.1, -0.05) is 12.1 Å². The number of nitrogens with zero attached hydrogens (tertiary/aromatic N) is 1. The van der Waals surface area contributed by atoms with Crippen LogP contribution in [0.3, 0.4) is 0 Å². The first-order valence-corrected chi connectivity index (χ1v) is 6.39. The van der Waals surface area contributed by atoms with E-state index in [0.717, 1.165) is 12.8 Å². The predicted octanol–water partition coefficient (Wildman–Crippen LogP) is 1.42. The number of hydrogen-bond acceptors (Lipinski definition) is 3. The van der Waals surface area contributed by atoms with Gasteiger partial charge in [-0.15, -0.1) is 0 Å². The smallest absolute Gasteiger partial charge is 0.261 e. The van der Waals surface area contributed by atoms with Gasteiger partial charge in [-0.25, -0.2) is 0 Å².